The topological polar surface area (TPSA) is 76.1 Å². The van der Waals surface area contributed by atoms with Gasteiger partial charge in [0, 0.05) is 19.2 Å². The Bertz CT molecular complexity index is 418. The number of amides is 1. The molecule has 1 saturated heterocycles. The monoisotopic (exact) mass is 290 g/mol. The Hall–Kier alpha value is -0.950. The summed E-state index contributed by atoms with van der Waals surface area (Å²) in [5, 5.41) is 5.93. The van der Waals surface area contributed by atoms with Gasteiger partial charge in [0.15, 0.2) is 0 Å². The Kier molecular flexibility index (Phi) is 4.71. The second kappa shape index (κ2) is 6.29. The number of hydrogen-bond donors (Lipinski definition) is 2. The maximum absolute atomic E-state index is 11.7. The van der Waals surface area contributed by atoms with Crippen LogP contribution < -0.4 is 10.6 Å². The number of ether oxygens (including phenoxy) is 1. The molecule has 6 nitrogen and oxygen atoms in total. The van der Waals surface area contributed by atoms with E-state index in [2.05, 4.69) is 20.6 Å². The molecule has 0 aromatic carbocycles. The van der Waals surface area contributed by atoms with Crippen LogP contribution in [0.15, 0.2) is 6.07 Å². The Labute approximate surface area is 114 Å². The Morgan fingerprint density at radius 2 is 2.39 bits per heavy atom. The highest BCUT2D eigenvalue weighted by Crippen LogP contribution is 2.15. The molecule has 0 saturated carbocycles. The van der Waals surface area contributed by atoms with Gasteiger partial charge in [-0.05, 0) is 11.6 Å². The lowest BCUT2D eigenvalue weighted by Crippen LogP contribution is -2.40. The summed E-state index contributed by atoms with van der Waals surface area (Å²) in [5.41, 5.74) is 0. The fourth-order valence-corrected chi connectivity index (χ4v) is 2.01. The first kappa shape index (κ1) is 13.5. The van der Waals surface area contributed by atoms with Crippen LogP contribution in [0.4, 0.5) is 5.82 Å². The summed E-state index contributed by atoms with van der Waals surface area (Å²) in [7, 11) is 0. The van der Waals surface area contributed by atoms with Gasteiger partial charge in [-0.3, -0.25) is 4.79 Å². The highest BCUT2D eigenvalue weighted by atomic mass is 35.5. The Morgan fingerprint density at radius 1 is 1.56 bits per heavy atom. The van der Waals surface area contributed by atoms with Crippen LogP contribution in [-0.2, 0) is 9.53 Å². The van der Waals surface area contributed by atoms with Crippen LogP contribution in [0.1, 0.15) is 6.42 Å². The zero-order valence-corrected chi connectivity index (χ0v) is 11.0. The van der Waals surface area contributed by atoms with Crippen molar-refractivity contribution < 1.29 is 9.53 Å². The zero-order valence-electron chi connectivity index (χ0n) is 9.45. The number of aromatic nitrogens is 2. The third-order valence-corrected chi connectivity index (χ3v) is 2.72. The predicted molar refractivity (Wildman–Crippen MR) is 67.9 cm³/mol. The molecule has 1 fully saturated rings. The number of halogens is 2. The van der Waals surface area contributed by atoms with Gasteiger partial charge in [0.2, 0.25) is 11.2 Å². The lowest BCUT2D eigenvalue weighted by molar-refractivity contribution is -0.119. The molecule has 2 N–H and O–H groups in total. The molecule has 1 atom stereocenters. The van der Waals surface area contributed by atoms with Crippen molar-refractivity contribution in [2.75, 3.05) is 25.0 Å². The summed E-state index contributed by atoms with van der Waals surface area (Å²) in [6, 6.07) is 1.44. The Balaban J connectivity index is 1.89. The molecule has 2 heterocycles. The predicted octanol–water partition coefficient (Wildman–Crippen LogP) is 1.10. The molecule has 0 radical (unpaired) electrons. The minimum Gasteiger partial charge on any atom is -0.375 e. The van der Waals surface area contributed by atoms with Crippen LogP contribution >= 0.6 is 23.2 Å². The van der Waals surface area contributed by atoms with E-state index in [4.69, 9.17) is 27.9 Å². The maximum atomic E-state index is 11.7. The molecule has 0 aliphatic carbocycles. The molecular formula is C10H12Cl2N4O2. The van der Waals surface area contributed by atoms with Crippen LogP contribution in [0.3, 0.4) is 0 Å². The van der Waals surface area contributed by atoms with Crippen molar-refractivity contribution in [3.63, 3.8) is 0 Å². The number of anilines is 1. The summed E-state index contributed by atoms with van der Waals surface area (Å²) in [5.74, 6) is 0.0864. The van der Waals surface area contributed by atoms with Gasteiger partial charge in [0.05, 0.1) is 19.1 Å². The summed E-state index contributed by atoms with van der Waals surface area (Å²) >= 11 is 11.3. The van der Waals surface area contributed by atoms with Gasteiger partial charge in [-0.25, -0.2) is 9.97 Å². The average Bonchev–Trinajstić information content (AvgIpc) is 2.28. The smallest absolute Gasteiger partial charge is 0.228 e. The van der Waals surface area contributed by atoms with E-state index in [0.29, 0.717) is 13.2 Å². The van der Waals surface area contributed by atoms with E-state index in [1.54, 1.807) is 0 Å². The quantitative estimate of drug-likeness (QED) is 0.644. The van der Waals surface area contributed by atoms with E-state index < -0.39 is 0 Å². The molecule has 0 bridgehead atoms. The molecule has 1 aliphatic heterocycles. The summed E-state index contributed by atoms with van der Waals surface area (Å²) in [4.78, 5) is 19.3. The minimum absolute atomic E-state index is 0.00613. The second-order valence-corrected chi connectivity index (χ2v) is 4.52. The van der Waals surface area contributed by atoms with Crippen molar-refractivity contribution in [2.45, 2.75) is 12.5 Å². The molecule has 0 spiro atoms. The highest BCUT2D eigenvalue weighted by molar-refractivity contribution is 6.32. The molecule has 1 aliphatic rings. The third kappa shape index (κ3) is 4.06. The summed E-state index contributed by atoms with van der Waals surface area (Å²) in [6.07, 6.45) is 0.137. The third-order valence-electron chi connectivity index (χ3n) is 2.35. The first-order valence-electron chi connectivity index (χ1n) is 5.46. The molecule has 1 unspecified atom stereocenters. The molecule has 8 heteroatoms. The average molecular weight is 291 g/mol. The maximum Gasteiger partial charge on any atom is 0.228 e. The standard InChI is InChI=1S/C10H12Cl2N4O2/c11-7-4-8(16-10(12)14-7)15-9(17)3-6-5-13-1-2-18-6/h4,6,13H,1-3,5H2,(H,14,15,16,17). The zero-order chi connectivity index (χ0) is 13.0. The molecule has 2 rings (SSSR count). The number of nitrogens with one attached hydrogen (secondary N) is 2. The largest absolute Gasteiger partial charge is 0.375 e. The van der Waals surface area contributed by atoms with E-state index in [1.807, 2.05) is 0 Å². The van der Waals surface area contributed by atoms with Crippen molar-refractivity contribution in [1.29, 1.82) is 0 Å². The van der Waals surface area contributed by atoms with Crippen molar-refractivity contribution in [3.05, 3.63) is 16.5 Å². The van der Waals surface area contributed by atoms with Gasteiger partial charge in [0.25, 0.3) is 0 Å². The number of carbonyl (C=O) groups is 1. The first-order chi connectivity index (χ1) is 8.63. The van der Waals surface area contributed by atoms with Gasteiger partial charge in [-0.1, -0.05) is 11.6 Å². The normalized spacial score (nSPS) is 19.6. The summed E-state index contributed by atoms with van der Waals surface area (Å²) in [6.45, 7) is 2.09. The number of rotatable bonds is 3. The van der Waals surface area contributed by atoms with E-state index in [0.717, 1.165) is 6.54 Å². The van der Waals surface area contributed by atoms with Crippen molar-refractivity contribution in [3.8, 4) is 0 Å². The fourth-order valence-electron chi connectivity index (χ4n) is 1.61. The first-order valence-corrected chi connectivity index (χ1v) is 6.21. The second-order valence-electron chi connectivity index (χ2n) is 3.79. The van der Waals surface area contributed by atoms with Gasteiger partial charge in [-0.2, -0.15) is 0 Å². The van der Waals surface area contributed by atoms with E-state index in [9.17, 15) is 4.79 Å². The molecule has 18 heavy (non-hydrogen) atoms. The summed E-state index contributed by atoms with van der Waals surface area (Å²) < 4.78 is 5.43. The van der Waals surface area contributed by atoms with Crippen molar-refractivity contribution in [1.82, 2.24) is 15.3 Å². The van der Waals surface area contributed by atoms with Gasteiger partial charge in [-0.15, -0.1) is 0 Å². The van der Waals surface area contributed by atoms with Gasteiger partial charge in [0.1, 0.15) is 11.0 Å². The van der Waals surface area contributed by atoms with E-state index in [-0.39, 0.29) is 34.7 Å². The Morgan fingerprint density at radius 3 is 3.06 bits per heavy atom. The minimum atomic E-state index is -0.200. The molecular weight excluding hydrogens is 279 g/mol. The van der Waals surface area contributed by atoms with Crippen molar-refractivity contribution >= 4 is 34.9 Å². The molecule has 98 valence electrons. The highest BCUT2D eigenvalue weighted by Gasteiger charge is 2.17. The van der Waals surface area contributed by atoms with Crippen molar-refractivity contribution in [2.24, 2.45) is 0 Å². The fraction of sp³-hybridized carbons (Fsp3) is 0.500. The van der Waals surface area contributed by atoms with Crippen LogP contribution in [0.5, 0.6) is 0 Å². The number of hydrogen-bond acceptors (Lipinski definition) is 5. The molecule has 1 aromatic rings. The van der Waals surface area contributed by atoms with Gasteiger partial charge >= 0.3 is 0 Å². The molecule has 1 aromatic heterocycles. The molecule has 1 amide bonds. The number of morpholine rings is 1. The van der Waals surface area contributed by atoms with E-state index >= 15 is 0 Å². The lowest BCUT2D eigenvalue weighted by atomic mass is 10.2. The number of nitrogens with zero attached hydrogens (tertiary/aromatic N) is 2. The number of carbonyl (C=O) groups excluding carboxylic acids is 1. The lowest BCUT2D eigenvalue weighted by Gasteiger charge is -2.22. The van der Waals surface area contributed by atoms with Gasteiger partial charge < -0.3 is 15.4 Å². The SMILES string of the molecule is O=C(CC1CNCCO1)Nc1cc(Cl)nc(Cl)n1. The van der Waals surface area contributed by atoms with Crippen LogP contribution in [0.25, 0.3) is 0 Å². The van der Waals surface area contributed by atoms with Crippen LogP contribution in [0, 0.1) is 0 Å². The van der Waals surface area contributed by atoms with Crippen LogP contribution in [-0.4, -0.2) is 41.7 Å². The van der Waals surface area contributed by atoms with E-state index in [1.165, 1.54) is 6.07 Å². The van der Waals surface area contributed by atoms with Crippen LogP contribution in [0.2, 0.25) is 10.4 Å².